The predicted octanol–water partition coefficient (Wildman–Crippen LogP) is 3.27. The standard InChI is InChI=1S/C15H17NO/c1-12-8-9-13(15(17)11-12)5-4-7-14-6-2-3-10-16-14/h2-3,6,8-11,17H,4-5,7H2,1H3. The molecule has 0 unspecified atom stereocenters. The van der Waals surface area contributed by atoms with E-state index in [4.69, 9.17) is 0 Å². The van der Waals surface area contributed by atoms with Crippen molar-refractivity contribution in [3.05, 3.63) is 59.4 Å². The second-order valence-corrected chi connectivity index (χ2v) is 4.31. The normalized spacial score (nSPS) is 10.4. The maximum atomic E-state index is 9.77. The van der Waals surface area contributed by atoms with Crippen molar-refractivity contribution in [2.45, 2.75) is 26.2 Å². The molecule has 0 saturated carbocycles. The predicted molar refractivity (Wildman–Crippen MR) is 69.1 cm³/mol. The lowest BCUT2D eigenvalue weighted by Gasteiger charge is -2.05. The van der Waals surface area contributed by atoms with Crippen molar-refractivity contribution in [3.63, 3.8) is 0 Å². The van der Waals surface area contributed by atoms with Crippen LogP contribution in [0.3, 0.4) is 0 Å². The minimum atomic E-state index is 0.408. The van der Waals surface area contributed by atoms with Crippen molar-refractivity contribution in [1.29, 1.82) is 0 Å². The zero-order valence-corrected chi connectivity index (χ0v) is 10.1. The Labute approximate surface area is 102 Å². The van der Waals surface area contributed by atoms with E-state index >= 15 is 0 Å². The fourth-order valence-electron chi connectivity index (χ4n) is 1.89. The molecule has 0 bridgehead atoms. The number of aromatic hydroxyl groups is 1. The molecule has 2 aromatic rings. The van der Waals surface area contributed by atoms with Crippen LogP contribution < -0.4 is 0 Å². The molecule has 88 valence electrons. The first-order chi connectivity index (χ1) is 8.25. The van der Waals surface area contributed by atoms with Crippen molar-refractivity contribution in [3.8, 4) is 5.75 Å². The molecular weight excluding hydrogens is 210 g/mol. The molecule has 2 rings (SSSR count). The first-order valence-corrected chi connectivity index (χ1v) is 5.94. The smallest absolute Gasteiger partial charge is 0.119 e. The summed E-state index contributed by atoms with van der Waals surface area (Å²) in [5.74, 6) is 0.408. The molecule has 0 radical (unpaired) electrons. The number of phenolic OH excluding ortho intramolecular Hbond substituents is 1. The van der Waals surface area contributed by atoms with E-state index in [2.05, 4.69) is 4.98 Å². The fraction of sp³-hybridized carbons (Fsp3) is 0.267. The highest BCUT2D eigenvalue weighted by Crippen LogP contribution is 2.20. The summed E-state index contributed by atoms with van der Waals surface area (Å²) in [4.78, 5) is 4.28. The summed E-state index contributed by atoms with van der Waals surface area (Å²) in [6.07, 6.45) is 4.67. The number of phenols is 1. The van der Waals surface area contributed by atoms with Crippen LogP contribution in [0.25, 0.3) is 0 Å². The molecule has 0 saturated heterocycles. The molecule has 2 nitrogen and oxygen atoms in total. The number of hydrogen-bond donors (Lipinski definition) is 1. The molecular formula is C15H17NO. The molecule has 2 heteroatoms. The summed E-state index contributed by atoms with van der Waals surface area (Å²) in [5, 5.41) is 9.77. The monoisotopic (exact) mass is 227 g/mol. The lowest BCUT2D eigenvalue weighted by molar-refractivity contribution is 0.466. The minimum Gasteiger partial charge on any atom is -0.508 e. The van der Waals surface area contributed by atoms with Gasteiger partial charge in [0.15, 0.2) is 0 Å². The third-order valence-electron chi connectivity index (χ3n) is 2.85. The van der Waals surface area contributed by atoms with Gasteiger partial charge in [0.1, 0.15) is 5.75 Å². The second kappa shape index (κ2) is 5.48. The van der Waals surface area contributed by atoms with Crippen LogP contribution in [0.15, 0.2) is 42.6 Å². The van der Waals surface area contributed by atoms with Gasteiger partial charge in [-0.1, -0.05) is 18.2 Å². The Morgan fingerprint density at radius 3 is 2.71 bits per heavy atom. The van der Waals surface area contributed by atoms with Crippen molar-refractivity contribution >= 4 is 0 Å². The molecule has 1 heterocycles. The molecule has 0 fully saturated rings. The van der Waals surface area contributed by atoms with Crippen molar-refractivity contribution in [2.24, 2.45) is 0 Å². The molecule has 0 aliphatic carbocycles. The van der Waals surface area contributed by atoms with E-state index < -0.39 is 0 Å². The molecule has 0 aliphatic heterocycles. The average Bonchev–Trinajstić information content (AvgIpc) is 2.33. The van der Waals surface area contributed by atoms with Crippen LogP contribution in [0.1, 0.15) is 23.2 Å². The molecule has 0 spiro atoms. The average molecular weight is 227 g/mol. The molecule has 0 amide bonds. The summed E-state index contributed by atoms with van der Waals surface area (Å²) >= 11 is 0. The number of benzene rings is 1. The molecule has 17 heavy (non-hydrogen) atoms. The highest BCUT2D eigenvalue weighted by Gasteiger charge is 2.01. The molecule has 1 aromatic carbocycles. The van der Waals surface area contributed by atoms with Crippen LogP contribution in [0, 0.1) is 6.92 Å². The molecule has 0 atom stereocenters. The van der Waals surface area contributed by atoms with E-state index in [9.17, 15) is 5.11 Å². The maximum absolute atomic E-state index is 9.77. The van der Waals surface area contributed by atoms with Crippen LogP contribution >= 0.6 is 0 Å². The Morgan fingerprint density at radius 1 is 1.12 bits per heavy atom. The van der Waals surface area contributed by atoms with E-state index in [1.807, 2.05) is 49.5 Å². The lowest BCUT2D eigenvalue weighted by Crippen LogP contribution is -1.93. The number of aryl methyl sites for hydroxylation is 3. The summed E-state index contributed by atoms with van der Waals surface area (Å²) in [6.45, 7) is 1.98. The Balaban J connectivity index is 1.90. The summed E-state index contributed by atoms with van der Waals surface area (Å²) < 4.78 is 0. The molecule has 1 aromatic heterocycles. The van der Waals surface area contributed by atoms with Crippen LogP contribution in [-0.4, -0.2) is 10.1 Å². The van der Waals surface area contributed by atoms with Crippen molar-refractivity contribution in [2.75, 3.05) is 0 Å². The Kier molecular flexibility index (Phi) is 3.76. The zero-order chi connectivity index (χ0) is 12.1. The first kappa shape index (κ1) is 11.6. The first-order valence-electron chi connectivity index (χ1n) is 5.94. The SMILES string of the molecule is Cc1ccc(CCCc2ccccn2)c(O)c1. The van der Waals surface area contributed by atoms with E-state index in [-0.39, 0.29) is 0 Å². The van der Waals surface area contributed by atoms with Gasteiger partial charge in [0.05, 0.1) is 0 Å². The third-order valence-corrected chi connectivity index (χ3v) is 2.85. The summed E-state index contributed by atoms with van der Waals surface area (Å²) in [7, 11) is 0. The van der Waals surface area contributed by atoms with E-state index in [0.29, 0.717) is 5.75 Å². The maximum Gasteiger partial charge on any atom is 0.119 e. The molecule has 1 N–H and O–H groups in total. The summed E-state index contributed by atoms with van der Waals surface area (Å²) in [6, 6.07) is 11.8. The van der Waals surface area contributed by atoms with E-state index in [1.165, 1.54) is 0 Å². The van der Waals surface area contributed by atoms with Crippen LogP contribution in [0.5, 0.6) is 5.75 Å². The van der Waals surface area contributed by atoms with Gasteiger partial charge in [-0.05, 0) is 55.5 Å². The van der Waals surface area contributed by atoms with Crippen molar-refractivity contribution < 1.29 is 5.11 Å². The zero-order valence-electron chi connectivity index (χ0n) is 10.1. The Hall–Kier alpha value is -1.83. The largest absolute Gasteiger partial charge is 0.508 e. The van der Waals surface area contributed by atoms with Gasteiger partial charge in [-0.3, -0.25) is 4.98 Å². The Bertz CT molecular complexity index is 480. The van der Waals surface area contributed by atoms with Gasteiger partial charge < -0.3 is 5.11 Å². The van der Waals surface area contributed by atoms with E-state index in [0.717, 1.165) is 36.1 Å². The summed E-state index contributed by atoms with van der Waals surface area (Å²) in [5.41, 5.74) is 3.22. The number of hydrogen-bond acceptors (Lipinski definition) is 2. The number of nitrogens with zero attached hydrogens (tertiary/aromatic N) is 1. The quantitative estimate of drug-likeness (QED) is 0.869. The second-order valence-electron chi connectivity index (χ2n) is 4.31. The van der Waals surface area contributed by atoms with Gasteiger partial charge in [-0.2, -0.15) is 0 Å². The van der Waals surface area contributed by atoms with Gasteiger partial charge in [-0.15, -0.1) is 0 Å². The Morgan fingerprint density at radius 2 is 2.00 bits per heavy atom. The van der Waals surface area contributed by atoms with Gasteiger partial charge in [0.25, 0.3) is 0 Å². The van der Waals surface area contributed by atoms with Crippen LogP contribution in [0.2, 0.25) is 0 Å². The third kappa shape index (κ3) is 3.31. The van der Waals surface area contributed by atoms with Gasteiger partial charge in [0.2, 0.25) is 0 Å². The van der Waals surface area contributed by atoms with Crippen LogP contribution in [0.4, 0.5) is 0 Å². The number of pyridine rings is 1. The lowest BCUT2D eigenvalue weighted by atomic mass is 10.0. The highest BCUT2D eigenvalue weighted by molar-refractivity contribution is 5.35. The molecule has 0 aliphatic rings. The van der Waals surface area contributed by atoms with Crippen LogP contribution in [-0.2, 0) is 12.8 Å². The van der Waals surface area contributed by atoms with Crippen molar-refractivity contribution in [1.82, 2.24) is 4.98 Å². The van der Waals surface area contributed by atoms with E-state index in [1.54, 1.807) is 0 Å². The van der Waals surface area contributed by atoms with Gasteiger partial charge in [-0.25, -0.2) is 0 Å². The van der Waals surface area contributed by atoms with Gasteiger partial charge >= 0.3 is 0 Å². The number of aromatic nitrogens is 1. The minimum absolute atomic E-state index is 0.408. The topological polar surface area (TPSA) is 33.1 Å². The van der Waals surface area contributed by atoms with Gasteiger partial charge in [0, 0.05) is 11.9 Å². The number of rotatable bonds is 4. The highest BCUT2D eigenvalue weighted by atomic mass is 16.3. The fourth-order valence-corrected chi connectivity index (χ4v) is 1.89.